The Labute approximate surface area is 123 Å². The minimum atomic E-state index is -0.601. The zero-order valence-electron chi connectivity index (χ0n) is 10.1. The van der Waals surface area contributed by atoms with Crippen LogP contribution in [0.3, 0.4) is 0 Å². The molecule has 0 saturated heterocycles. The van der Waals surface area contributed by atoms with Crippen LogP contribution in [0.15, 0.2) is 18.2 Å². The number of nitro benzene ring substituents is 1. The van der Waals surface area contributed by atoms with E-state index < -0.39 is 4.92 Å². The number of benzene rings is 1. The Kier molecular flexibility index (Phi) is 3.91. The second-order valence-electron chi connectivity index (χ2n) is 3.82. The van der Waals surface area contributed by atoms with Crippen molar-refractivity contribution in [3.63, 3.8) is 0 Å². The van der Waals surface area contributed by atoms with Crippen LogP contribution in [0.4, 0.5) is 11.6 Å². The lowest BCUT2D eigenvalue weighted by Crippen LogP contribution is -1.99. The molecule has 1 heterocycles. The van der Waals surface area contributed by atoms with Crippen molar-refractivity contribution < 1.29 is 9.66 Å². The number of aromatic nitrogens is 2. The van der Waals surface area contributed by atoms with E-state index >= 15 is 0 Å². The molecule has 2 aromatic rings. The molecule has 0 aliphatic carbocycles. The van der Waals surface area contributed by atoms with Gasteiger partial charge in [0.1, 0.15) is 15.9 Å². The third kappa shape index (κ3) is 3.06. The van der Waals surface area contributed by atoms with E-state index in [1.54, 1.807) is 6.92 Å². The van der Waals surface area contributed by atoms with Crippen LogP contribution in [0.1, 0.15) is 5.56 Å². The standard InChI is InChI=1S/C11H8Cl2N4O3/c1-5-2-6(12)7(17(18)19)3-8(5)20-10-4-9(13)15-11(14)16-10/h2-4H,1H3,(H2,14,15,16). The van der Waals surface area contributed by atoms with Crippen LogP contribution < -0.4 is 10.5 Å². The van der Waals surface area contributed by atoms with Gasteiger partial charge in [0.15, 0.2) is 0 Å². The van der Waals surface area contributed by atoms with Crippen LogP contribution in [0, 0.1) is 17.0 Å². The fraction of sp³-hybridized carbons (Fsp3) is 0.0909. The molecular formula is C11H8Cl2N4O3. The Morgan fingerprint density at radius 3 is 2.60 bits per heavy atom. The van der Waals surface area contributed by atoms with Crippen molar-refractivity contribution in [2.45, 2.75) is 6.92 Å². The number of nitrogens with zero attached hydrogens (tertiary/aromatic N) is 3. The van der Waals surface area contributed by atoms with Gasteiger partial charge in [0, 0.05) is 6.07 Å². The molecule has 0 aliphatic rings. The highest BCUT2D eigenvalue weighted by Crippen LogP contribution is 2.34. The van der Waals surface area contributed by atoms with Gasteiger partial charge >= 0.3 is 0 Å². The van der Waals surface area contributed by atoms with Crippen molar-refractivity contribution >= 4 is 34.8 Å². The maximum absolute atomic E-state index is 10.8. The number of halogens is 2. The molecule has 0 radical (unpaired) electrons. The van der Waals surface area contributed by atoms with Gasteiger partial charge < -0.3 is 10.5 Å². The summed E-state index contributed by atoms with van der Waals surface area (Å²) >= 11 is 11.5. The number of aryl methyl sites for hydroxylation is 1. The summed E-state index contributed by atoms with van der Waals surface area (Å²) < 4.78 is 5.44. The molecule has 2 N–H and O–H groups in total. The number of hydrogen-bond donors (Lipinski definition) is 1. The molecule has 0 amide bonds. The molecule has 0 fully saturated rings. The molecule has 0 bridgehead atoms. The molecule has 20 heavy (non-hydrogen) atoms. The summed E-state index contributed by atoms with van der Waals surface area (Å²) in [5.41, 5.74) is 5.78. The van der Waals surface area contributed by atoms with Crippen LogP contribution in [-0.4, -0.2) is 14.9 Å². The molecule has 0 spiro atoms. The van der Waals surface area contributed by atoms with Crippen molar-refractivity contribution in [2.75, 3.05) is 5.73 Å². The molecule has 2 rings (SSSR count). The van der Waals surface area contributed by atoms with Crippen molar-refractivity contribution in [3.8, 4) is 11.6 Å². The lowest BCUT2D eigenvalue weighted by Gasteiger charge is -2.09. The molecule has 7 nitrogen and oxygen atoms in total. The summed E-state index contributed by atoms with van der Waals surface area (Å²) in [6, 6.07) is 3.99. The Morgan fingerprint density at radius 1 is 1.30 bits per heavy atom. The Bertz CT molecular complexity index is 673. The first-order valence-corrected chi connectivity index (χ1v) is 6.05. The smallest absolute Gasteiger partial charge is 0.291 e. The third-order valence-electron chi connectivity index (χ3n) is 2.34. The van der Waals surface area contributed by atoms with Gasteiger partial charge in [0.25, 0.3) is 5.69 Å². The zero-order valence-corrected chi connectivity index (χ0v) is 11.6. The second kappa shape index (κ2) is 5.48. The highest BCUT2D eigenvalue weighted by Gasteiger charge is 2.17. The van der Waals surface area contributed by atoms with Crippen molar-refractivity contribution in [3.05, 3.63) is 44.1 Å². The Morgan fingerprint density at radius 2 is 2.00 bits per heavy atom. The van der Waals surface area contributed by atoms with Crippen LogP contribution in [0.5, 0.6) is 11.6 Å². The number of anilines is 1. The largest absolute Gasteiger partial charge is 0.438 e. The topological polar surface area (TPSA) is 104 Å². The third-order valence-corrected chi connectivity index (χ3v) is 2.84. The maximum Gasteiger partial charge on any atom is 0.291 e. The van der Waals surface area contributed by atoms with Gasteiger partial charge in [-0.3, -0.25) is 10.1 Å². The van der Waals surface area contributed by atoms with E-state index in [4.69, 9.17) is 33.7 Å². The molecule has 9 heteroatoms. The zero-order chi connectivity index (χ0) is 14.9. The molecule has 0 atom stereocenters. The fourth-order valence-electron chi connectivity index (χ4n) is 1.47. The Balaban J connectivity index is 2.42. The van der Waals surface area contributed by atoms with Crippen LogP contribution in [0.25, 0.3) is 0 Å². The molecule has 0 aliphatic heterocycles. The highest BCUT2D eigenvalue weighted by molar-refractivity contribution is 6.32. The highest BCUT2D eigenvalue weighted by atomic mass is 35.5. The van der Waals surface area contributed by atoms with E-state index in [-0.39, 0.29) is 33.4 Å². The minimum Gasteiger partial charge on any atom is -0.438 e. The summed E-state index contributed by atoms with van der Waals surface area (Å²) in [5, 5.41) is 11.0. The number of nitrogen functional groups attached to an aromatic ring is 1. The summed E-state index contributed by atoms with van der Waals surface area (Å²) in [7, 11) is 0. The molecule has 104 valence electrons. The van der Waals surface area contributed by atoms with Gasteiger partial charge in [0.05, 0.1) is 11.0 Å². The molecular weight excluding hydrogens is 307 g/mol. The van der Waals surface area contributed by atoms with Crippen molar-refractivity contribution in [2.24, 2.45) is 0 Å². The van der Waals surface area contributed by atoms with Gasteiger partial charge in [-0.1, -0.05) is 23.2 Å². The first-order chi connectivity index (χ1) is 9.36. The first-order valence-electron chi connectivity index (χ1n) is 5.29. The van der Waals surface area contributed by atoms with E-state index in [1.807, 2.05) is 0 Å². The van der Waals surface area contributed by atoms with E-state index in [1.165, 1.54) is 18.2 Å². The summed E-state index contributed by atoms with van der Waals surface area (Å²) in [4.78, 5) is 17.7. The van der Waals surface area contributed by atoms with Crippen LogP contribution in [-0.2, 0) is 0 Å². The number of nitrogens with two attached hydrogens (primary N) is 1. The van der Waals surface area contributed by atoms with Gasteiger partial charge in [-0.2, -0.15) is 4.98 Å². The normalized spacial score (nSPS) is 10.3. The van der Waals surface area contributed by atoms with Gasteiger partial charge in [-0.15, -0.1) is 0 Å². The lowest BCUT2D eigenvalue weighted by atomic mass is 10.2. The monoisotopic (exact) mass is 314 g/mol. The van der Waals surface area contributed by atoms with Crippen molar-refractivity contribution in [1.82, 2.24) is 9.97 Å². The molecule has 1 aromatic heterocycles. The first kappa shape index (κ1) is 14.3. The second-order valence-corrected chi connectivity index (χ2v) is 4.61. The van der Waals surface area contributed by atoms with E-state index in [0.717, 1.165) is 0 Å². The predicted molar refractivity (Wildman–Crippen MR) is 74.4 cm³/mol. The van der Waals surface area contributed by atoms with E-state index in [2.05, 4.69) is 9.97 Å². The SMILES string of the molecule is Cc1cc(Cl)c([N+](=O)[O-])cc1Oc1cc(Cl)nc(N)n1. The van der Waals surface area contributed by atoms with E-state index in [0.29, 0.717) is 5.56 Å². The van der Waals surface area contributed by atoms with Crippen molar-refractivity contribution in [1.29, 1.82) is 0 Å². The molecule has 0 saturated carbocycles. The number of hydrogen-bond acceptors (Lipinski definition) is 6. The van der Waals surface area contributed by atoms with Crippen LogP contribution >= 0.6 is 23.2 Å². The number of ether oxygens (including phenoxy) is 1. The quantitative estimate of drug-likeness (QED) is 0.529. The van der Waals surface area contributed by atoms with E-state index in [9.17, 15) is 10.1 Å². The Hall–Kier alpha value is -2.12. The molecule has 0 unspecified atom stereocenters. The predicted octanol–water partition coefficient (Wildman–Crippen LogP) is 3.37. The van der Waals surface area contributed by atoms with Crippen LogP contribution in [0.2, 0.25) is 10.2 Å². The fourth-order valence-corrected chi connectivity index (χ4v) is 1.94. The van der Waals surface area contributed by atoms with Gasteiger partial charge in [-0.05, 0) is 18.6 Å². The number of nitro groups is 1. The minimum absolute atomic E-state index is 0.0279. The average molecular weight is 315 g/mol. The molecule has 1 aromatic carbocycles. The summed E-state index contributed by atoms with van der Waals surface area (Å²) in [6.45, 7) is 1.69. The summed E-state index contributed by atoms with van der Waals surface area (Å²) in [6.07, 6.45) is 0. The maximum atomic E-state index is 10.8. The lowest BCUT2D eigenvalue weighted by molar-refractivity contribution is -0.384. The average Bonchev–Trinajstić information content (AvgIpc) is 2.30. The number of rotatable bonds is 3. The van der Waals surface area contributed by atoms with Gasteiger partial charge in [-0.25, -0.2) is 4.98 Å². The summed E-state index contributed by atoms with van der Waals surface area (Å²) in [5.74, 6) is 0.256. The van der Waals surface area contributed by atoms with Gasteiger partial charge in [0.2, 0.25) is 11.8 Å².